The van der Waals surface area contributed by atoms with Gasteiger partial charge in [-0.05, 0) is 36.4 Å². The summed E-state index contributed by atoms with van der Waals surface area (Å²) in [6.07, 6.45) is 1.38. The summed E-state index contributed by atoms with van der Waals surface area (Å²) in [6.45, 7) is 0. The van der Waals surface area contributed by atoms with Crippen LogP contribution in [0.3, 0.4) is 0 Å². The summed E-state index contributed by atoms with van der Waals surface area (Å²) in [5.74, 6) is -0.236. The molecule has 0 saturated heterocycles. The number of hydrazone groups is 1. The van der Waals surface area contributed by atoms with Crippen molar-refractivity contribution in [3.63, 3.8) is 0 Å². The zero-order chi connectivity index (χ0) is 13.7. The SMILES string of the molecule is Cl.Nc1ccc(C(=O)N/N=C/c2ccccc2O)cc1. The normalized spacial score (nSPS) is 10.0. The third-order valence-corrected chi connectivity index (χ3v) is 2.48. The number of amides is 1. The van der Waals surface area contributed by atoms with Crippen molar-refractivity contribution in [3.8, 4) is 5.75 Å². The number of nitrogens with two attached hydrogens (primary N) is 1. The van der Waals surface area contributed by atoms with E-state index in [-0.39, 0.29) is 24.1 Å². The molecule has 0 bridgehead atoms. The molecule has 0 saturated carbocycles. The molecule has 1 amide bonds. The molecule has 4 N–H and O–H groups in total. The number of hydrogen-bond acceptors (Lipinski definition) is 4. The zero-order valence-corrected chi connectivity index (χ0v) is 11.3. The number of phenols is 1. The summed E-state index contributed by atoms with van der Waals surface area (Å²) in [5, 5.41) is 13.3. The van der Waals surface area contributed by atoms with E-state index in [0.717, 1.165) is 0 Å². The smallest absolute Gasteiger partial charge is 0.271 e. The van der Waals surface area contributed by atoms with Crippen molar-refractivity contribution in [2.75, 3.05) is 5.73 Å². The minimum absolute atomic E-state index is 0. The van der Waals surface area contributed by atoms with Gasteiger partial charge in [-0.25, -0.2) is 5.43 Å². The first-order valence-corrected chi connectivity index (χ1v) is 5.64. The van der Waals surface area contributed by atoms with Crippen LogP contribution >= 0.6 is 12.4 Å². The van der Waals surface area contributed by atoms with Crippen molar-refractivity contribution in [1.29, 1.82) is 0 Å². The maximum Gasteiger partial charge on any atom is 0.271 e. The van der Waals surface area contributed by atoms with Gasteiger partial charge >= 0.3 is 0 Å². The van der Waals surface area contributed by atoms with Crippen molar-refractivity contribution in [1.82, 2.24) is 5.43 Å². The fraction of sp³-hybridized carbons (Fsp3) is 0. The molecule has 5 nitrogen and oxygen atoms in total. The predicted octanol–water partition coefficient (Wildman–Crippen LogP) is 2.16. The Balaban J connectivity index is 0.00000200. The Morgan fingerprint density at radius 1 is 1.15 bits per heavy atom. The Hall–Kier alpha value is -2.53. The molecule has 0 spiro atoms. The van der Waals surface area contributed by atoms with Gasteiger partial charge in [-0.15, -0.1) is 12.4 Å². The number of aromatic hydroxyl groups is 1. The molecule has 0 radical (unpaired) electrons. The second-order valence-electron chi connectivity index (χ2n) is 3.88. The molecule has 6 heteroatoms. The van der Waals surface area contributed by atoms with Gasteiger partial charge in [0.05, 0.1) is 6.21 Å². The van der Waals surface area contributed by atoms with Gasteiger partial charge in [-0.3, -0.25) is 4.79 Å². The molecule has 0 aromatic heterocycles. The van der Waals surface area contributed by atoms with Gasteiger partial charge in [0, 0.05) is 16.8 Å². The molecule has 0 aliphatic rings. The van der Waals surface area contributed by atoms with Crippen molar-refractivity contribution >= 4 is 30.2 Å². The van der Waals surface area contributed by atoms with Crippen LogP contribution in [0.1, 0.15) is 15.9 Å². The number of anilines is 1. The van der Waals surface area contributed by atoms with Crippen LogP contribution in [-0.4, -0.2) is 17.2 Å². The number of benzene rings is 2. The van der Waals surface area contributed by atoms with E-state index in [2.05, 4.69) is 10.5 Å². The number of carbonyl (C=O) groups excluding carboxylic acids is 1. The molecule has 20 heavy (non-hydrogen) atoms. The highest BCUT2D eigenvalue weighted by Crippen LogP contribution is 2.12. The number of rotatable bonds is 3. The Kier molecular flexibility index (Phi) is 5.56. The van der Waals surface area contributed by atoms with E-state index >= 15 is 0 Å². The topological polar surface area (TPSA) is 87.7 Å². The highest BCUT2D eigenvalue weighted by atomic mass is 35.5. The van der Waals surface area contributed by atoms with Crippen LogP contribution in [0.2, 0.25) is 0 Å². The van der Waals surface area contributed by atoms with Gasteiger partial charge < -0.3 is 10.8 Å². The third-order valence-electron chi connectivity index (χ3n) is 2.48. The number of para-hydroxylation sites is 1. The summed E-state index contributed by atoms with van der Waals surface area (Å²) >= 11 is 0. The van der Waals surface area contributed by atoms with Gasteiger partial charge in [0.15, 0.2) is 0 Å². The number of nitrogen functional groups attached to an aromatic ring is 1. The van der Waals surface area contributed by atoms with E-state index in [0.29, 0.717) is 16.8 Å². The van der Waals surface area contributed by atoms with E-state index in [1.54, 1.807) is 48.5 Å². The standard InChI is InChI=1S/C14H13N3O2.ClH/c15-12-7-5-10(6-8-12)14(19)17-16-9-11-3-1-2-4-13(11)18;/h1-9,18H,15H2,(H,17,19);1H/b16-9+;. The molecule has 2 rings (SSSR count). The van der Waals surface area contributed by atoms with Crippen molar-refractivity contribution < 1.29 is 9.90 Å². The Morgan fingerprint density at radius 2 is 1.80 bits per heavy atom. The minimum Gasteiger partial charge on any atom is -0.507 e. The number of halogens is 1. The highest BCUT2D eigenvalue weighted by Gasteiger charge is 2.03. The Bertz CT molecular complexity index is 612. The largest absolute Gasteiger partial charge is 0.507 e. The monoisotopic (exact) mass is 291 g/mol. The summed E-state index contributed by atoms with van der Waals surface area (Å²) in [7, 11) is 0. The maximum atomic E-state index is 11.7. The quantitative estimate of drug-likeness (QED) is 0.460. The van der Waals surface area contributed by atoms with Crippen LogP contribution in [0.15, 0.2) is 53.6 Å². The molecule has 0 atom stereocenters. The van der Waals surface area contributed by atoms with Crippen LogP contribution in [0.25, 0.3) is 0 Å². The fourth-order valence-corrected chi connectivity index (χ4v) is 1.46. The van der Waals surface area contributed by atoms with Crippen LogP contribution in [0, 0.1) is 0 Å². The van der Waals surface area contributed by atoms with Crippen LogP contribution < -0.4 is 11.2 Å². The number of phenolic OH excluding ortho intramolecular Hbond substituents is 1. The van der Waals surface area contributed by atoms with Gasteiger partial charge in [-0.1, -0.05) is 12.1 Å². The van der Waals surface area contributed by atoms with Gasteiger partial charge in [0.2, 0.25) is 0 Å². The first-order valence-electron chi connectivity index (χ1n) is 5.64. The molecule has 2 aromatic rings. The van der Waals surface area contributed by atoms with Gasteiger partial charge in [0.25, 0.3) is 5.91 Å². The lowest BCUT2D eigenvalue weighted by Crippen LogP contribution is -2.17. The second kappa shape index (κ2) is 7.16. The summed E-state index contributed by atoms with van der Waals surface area (Å²) in [4.78, 5) is 11.7. The number of carbonyl (C=O) groups is 1. The second-order valence-corrected chi connectivity index (χ2v) is 3.88. The van der Waals surface area contributed by atoms with E-state index in [1.165, 1.54) is 6.21 Å². The summed E-state index contributed by atoms with van der Waals surface area (Å²) in [5.41, 5.74) is 9.48. The van der Waals surface area contributed by atoms with Crippen molar-refractivity contribution in [3.05, 3.63) is 59.7 Å². The number of nitrogens with one attached hydrogen (secondary N) is 1. The minimum atomic E-state index is -0.341. The Morgan fingerprint density at radius 3 is 2.45 bits per heavy atom. The van der Waals surface area contributed by atoms with Crippen LogP contribution in [0.5, 0.6) is 5.75 Å². The molecule has 104 valence electrons. The zero-order valence-electron chi connectivity index (χ0n) is 10.5. The average molecular weight is 292 g/mol. The van der Waals surface area contributed by atoms with E-state index in [1.807, 2.05) is 0 Å². The molecule has 0 aliphatic carbocycles. The first kappa shape index (κ1) is 15.5. The van der Waals surface area contributed by atoms with Crippen molar-refractivity contribution in [2.24, 2.45) is 5.10 Å². The molecule has 0 heterocycles. The molecule has 0 unspecified atom stereocenters. The van der Waals surface area contributed by atoms with Crippen LogP contribution in [0.4, 0.5) is 5.69 Å². The number of hydrogen-bond donors (Lipinski definition) is 3. The fourth-order valence-electron chi connectivity index (χ4n) is 1.46. The van der Waals surface area contributed by atoms with E-state index < -0.39 is 0 Å². The van der Waals surface area contributed by atoms with Crippen LogP contribution in [-0.2, 0) is 0 Å². The molecule has 0 fully saturated rings. The first-order chi connectivity index (χ1) is 9.16. The van der Waals surface area contributed by atoms with E-state index in [4.69, 9.17) is 5.73 Å². The third kappa shape index (κ3) is 4.00. The predicted molar refractivity (Wildman–Crippen MR) is 81.3 cm³/mol. The van der Waals surface area contributed by atoms with Crippen molar-refractivity contribution in [2.45, 2.75) is 0 Å². The summed E-state index contributed by atoms with van der Waals surface area (Å²) in [6, 6.07) is 13.2. The molecular formula is C14H14ClN3O2. The lowest BCUT2D eigenvalue weighted by Gasteiger charge is -2.00. The lowest BCUT2D eigenvalue weighted by atomic mass is 10.2. The van der Waals surface area contributed by atoms with Gasteiger partial charge in [0.1, 0.15) is 5.75 Å². The average Bonchev–Trinajstić information content (AvgIpc) is 2.41. The molecule has 2 aromatic carbocycles. The number of nitrogens with zero attached hydrogens (tertiary/aromatic N) is 1. The summed E-state index contributed by atoms with van der Waals surface area (Å²) < 4.78 is 0. The van der Waals surface area contributed by atoms with E-state index in [9.17, 15) is 9.90 Å². The Labute approximate surface area is 122 Å². The molecule has 0 aliphatic heterocycles. The molecular weight excluding hydrogens is 278 g/mol. The highest BCUT2D eigenvalue weighted by molar-refractivity contribution is 5.95. The van der Waals surface area contributed by atoms with Gasteiger partial charge in [-0.2, -0.15) is 5.10 Å². The maximum absolute atomic E-state index is 11.7. The lowest BCUT2D eigenvalue weighted by molar-refractivity contribution is 0.0955.